The Hall–Kier alpha value is -1.70. The van der Waals surface area contributed by atoms with Gasteiger partial charge in [0.05, 0.1) is 6.10 Å². The molecule has 0 bridgehead atoms. The molecule has 0 spiro atoms. The molecular weight excluding hydrogens is 282 g/mol. The van der Waals surface area contributed by atoms with Crippen LogP contribution in [0.1, 0.15) is 29.9 Å². The summed E-state index contributed by atoms with van der Waals surface area (Å²) in [6.07, 6.45) is 0.610. The Morgan fingerprint density at radius 3 is 2.75 bits per heavy atom. The summed E-state index contributed by atoms with van der Waals surface area (Å²) in [4.78, 5) is 21.8. The van der Waals surface area contributed by atoms with Crippen LogP contribution in [-0.2, 0) is 9.59 Å². The summed E-state index contributed by atoms with van der Waals surface area (Å²) in [5, 5.41) is 32.5. The summed E-state index contributed by atoms with van der Waals surface area (Å²) < 4.78 is 0. The maximum atomic E-state index is 10.7. The first kappa shape index (κ1) is 16.4. The minimum atomic E-state index is -1.06. The maximum Gasteiger partial charge on any atom is 0.328 e. The number of thiophene rings is 1. The maximum absolute atomic E-state index is 10.7. The van der Waals surface area contributed by atoms with Crippen LogP contribution in [0.3, 0.4) is 0 Å². The average molecular weight is 299 g/mol. The van der Waals surface area contributed by atoms with E-state index in [0.717, 1.165) is 6.08 Å². The molecule has 1 amide bonds. The number of aliphatic carboxylic acids is 1. The lowest BCUT2D eigenvalue weighted by molar-refractivity contribution is -0.131. The van der Waals surface area contributed by atoms with E-state index in [1.165, 1.54) is 24.3 Å². The first-order valence-electron chi connectivity index (χ1n) is 6.00. The number of carboxylic acids is 1. The van der Waals surface area contributed by atoms with E-state index in [1.54, 1.807) is 11.4 Å². The van der Waals surface area contributed by atoms with E-state index in [-0.39, 0.29) is 18.9 Å². The normalized spacial score (nSPS) is 14.2. The van der Waals surface area contributed by atoms with Crippen molar-refractivity contribution in [2.24, 2.45) is 0 Å². The lowest BCUT2D eigenvalue weighted by atomic mass is 10.0. The van der Waals surface area contributed by atoms with Gasteiger partial charge >= 0.3 is 5.97 Å². The Labute approximate surface area is 120 Å². The predicted molar refractivity (Wildman–Crippen MR) is 75.3 cm³/mol. The monoisotopic (exact) mass is 299 g/mol. The van der Waals surface area contributed by atoms with E-state index in [0.29, 0.717) is 10.4 Å². The lowest BCUT2D eigenvalue weighted by Gasteiger charge is -2.16. The molecule has 1 rings (SSSR count). The number of hydrogen-bond acceptors (Lipinski definition) is 5. The molecule has 1 aromatic heterocycles. The first-order chi connectivity index (χ1) is 9.40. The molecule has 0 aliphatic heterocycles. The van der Waals surface area contributed by atoms with Gasteiger partial charge in [0.2, 0.25) is 5.91 Å². The van der Waals surface area contributed by atoms with Gasteiger partial charge in [0.1, 0.15) is 6.10 Å². The van der Waals surface area contributed by atoms with Crippen LogP contribution in [0.25, 0.3) is 6.08 Å². The van der Waals surface area contributed by atoms with Gasteiger partial charge in [-0.15, -0.1) is 11.3 Å². The molecular formula is C13H17NO5S. The molecule has 0 aliphatic rings. The van der Waals surface area contributed by atoms with Crippen molar-refractivity contribution in [1.82, 2.24) is 5.32 Å². The zero-order chi connectivity index (χ0) is 15.1. The number of rotatable bonds is 7. The summed E-state index contributed by atoms with van der Waals surface area (Å²) in [7, 11) is 0. The fraction of sp³-hybridized carbons (Fsp3) is 0.385. The smallest absolute Gasteiger partial charge is 0.328 e. The van der Waals surface area contributed by atoms with Gasteiger partial charge in [-0.2, -0.15) is 0 Å². The minimum absolute atomic E-state index is 0.191. The first-order valence-corrected chi connectivity index (χ1v) is 6.88. The molecule has 6 nitrogen and oxygen atoms in total. The summed E-state index contributed by atoms with van der Waals surface area (Å²) in [6, 6.07) is 1.62. The van der Waals surface area contributed by atoms with Gasteiger partial charge in [0.15, 0.2) is 0 Å². The van der Waals surface area contributed by atoms with Crippen LogP contribution in [0.4, 0.5) is 0 Å². The van der Waals surface area contributed by atoms with Crippen LogP contribution in [0.2, 0.25) is 0 Å². The van der Waals surface area contributed by atoms with Gasteiger partial charge < -0.3 is 20.6 Å². The number of hydrogen-bond donors (Lipinski definition) is 4. The molecule has 0 aliphatic carbocycles. The van der Waals surface area contributed by atoms with Crippen molar-refractivity contribution in [2.75, 3.05) is 6.54 Å². The Bertz CT molecular complexity index is 497. The molecule has 0 fully saturated rings. The van der Waals surface area contributed by atoms with E-state index in [9.17, 15) is 19.8 Å². The van der Waals surface area contributed by atoms with Crippen molar-refractivity contribution >= 4 is 29.3 Å². The second-order valence-electron chi connectivity index (χ2n) is 4.24. The molecule has 4 N–H and O–H groups in total. The molecule has 20 heavy (non-hydrogen) atoms. The van der Waals surface area contributed by atoms with Crippen LogP contribution >= 0.6 is 11.3 Å². The van der Waals surface area contributed by atoms with Crippen LogP contribution in [-0.4, -0.2) is 39.8 Å². The third-order valence-electron chi connectivity index (χ3n) is 2.55. The zero-order valence-electron chi connectivity index (χ0n) is 10.9. The van der Waals surface area contributed by atoms with Crippen LogP contribution in [0, 0.1) is 0 Å². The Morgan fingerprint density at radius 2 is 2.15 bits per heavy atom. The molecule has 2 atom stereocenters. The van der Waals surface area contributed by atoms with Gasteiger partial charge in [-0.1, -0.05) is 0 Å². The number of carbonyl (C=O) groups excluding carboxylic acids is 1. The number of aliphatic hydroxyl groups is 2. The largest absolute Gasteiger partial charge is 0.478 e. The average Bonchev–Trinajstić information content (AvgIpc) is 2.83. The van der Waals surface area contributed by atoms with E-state index in [4.69, 9.17) is 5.11 Å². The molecule has 0 saturated carbocycles. The quantitative estimate of drug-likeness (QED) is 0.556. The van der Waals surface area contributed by atoms with E-state index < -0.39 is 18.2 Å². The van der Waals surface area contributed by atoms with Crippen molar-refractivity contribution in [3.8, 4) is 0 Å². The summed E-state index contributed by atoms with van der Waals surface area (Å²) in [5.74, 6) is -1.24. The topological polar surface area (TPSA) is 107 Å². The molecule has 0 aromatic carbocycles. The number of aliphatic hydroxyl groups excluding tert-OH is 2. The number of carboxylic acid groups (broad SMARTS) is 1. The van der Waals surface area contributed by atoms with Gasteiger partial charge in [0, 0.05) is 24.4 Å². The number of amides is 1. The highest BCUT2D eigenvalue weighted by molar-refractivity contribution is 7.11. The third-order valence-corrected chi connectivity index (χ3v) is 3.47. The van der Waals surface area contributed by atoms with Crippen molar-refractivity contribution < 1.29 is 24.9 Å². The Kier molecular flexibility index (Phi) is 6.37. The van der Waals surface area contributed by atoms with Gasteiger partial charge in [-0.05, 0) is 29.5 Å². The summed E-state index contributed by atoms with van der Waals surface area (Å²) in [5.41, 5.74) is 0.523. The van der Waals surface area contributed by atoms with Crippen LogP contribution in [0.5, 0.6) is 0 Å². The molecule has 2 unspecified atom stereocenters. The van der Waals surface area contributed by atoms with Crippen LogP contribution in [0.15, 0.2) is 17.5 Å². The zero-order valence-corrected chi connectivity index (χ0v) is 11.8. The number of nitrogens with one attached hydrogen (secondary N) is 1. The lowest BCUT2D eigenvalue weighted by Crippen LogP contribution is -2.27. The molecule has 110 valence electrons. The van der Waals surface area contributed by atoms with Gasteiger partial charge in [-0.25, -0.2) is 4.79 Å². The Balaban J connectivity index is 2.56. The van der Waals surface area contributed by atoms with Crippen molar-refractivity contribution in [3.05, 3.63) is 28.0 Å². The second-order valence-corrected chi connectivity index (χ2v) is 5.18. The second kappa shape index (κ2) is 7.78. The predicted octanol–water partition coefficient (Wildman–Crippen LogP) is 0.766. The standard InChI is InChI=1S/C13H17NO5S/c1-8(15)14-5-4-11(16)13(19)9-6-10(20-7-9)2-3-12(17)18/h2-3,6-7,11,13,16,19H,4-5H2,1H3,(H,14,15)(H,17,18)/b3-2+. The van der Waals surface area contributed by atoms with E-state index in [1.807, 2.05) is 0 Å². The molecule has 0 radical (unpaired) electrons. The van der Waals surface area contributed by atoms with E-state index in [2.05, 4.69) is 5.32 Å². The highest BCUT2D eigenvalue weighted by Gasteiger charge is 2.19. The van der Waals surface area contributed by atoms with Crippen LogP contribution < -0.4 is 5.32 Å². The fourth-order valence-electron chi connectivity index (χ4n) is 1.54. The van der Waals surface area contributed by atoms with Crippen molar-refractivity contribution in [1.29, 1.82) is 0 Å². The van der Waals surface area contributed by atoms with Crippen molar-refractivity contribution in [3.63, 3.8) is 0 Å². The van der Waals surface area contributed by atoms with Gasteiger partial charge in [-0.3, -0.25) is 4.79 Å². The molecule has 1 aromatic rings. The minimum Gasteiger partial charge on any atom is -0.478 e. The summed E-state index contributed by atoms with van der Waals surface area (Å²) in [6.45, 7) is 1.66. The summed E-state index contributed by atoms with van der Waals surface area (Å²) >= 11 is 1.28. The van der Waals surface area contributed by atoms with Gasteiger partial charge in [0.25, 0.3) is 0 Å². The van der Waals surface area contributed by atoms with E-state index >= 15 is 0 Å². The fourth-order valence-corrected chi connectivity index (χ4v) is 2.37. The molecule has 7 heteroatoms. The number of carbonyl (C=O) groups is 2. The molecule has 1 heterocycles. The SMILES string of the molecule is CC(=O)NCCC(O)C(O)c1csc(/C=C/C(=O)O)c1. The van der Waals surface area contributed by atoms with Crippen molar-refractivity contribution in [2.45, 2.75) is 25.6 Å². The molecule has 0 saturated heterocycles. The Morgan fingerprint density at radius 1 is 1.45 bits per heavy atom. The highest BCUT2D eigenvalue weighted by Crippen LogP contribution is 2.25. The highest BCUT2D eigenvalue weighted by atomic mass is 32.1. The third kappa shape index (κ3) is 5.52.